The molecule has 0 aliphatic carbocycles. The first kappa shape index (κ1) is 23.1. The molecule has 3 aromatic rings. The van der Waals surface area contributed by atoms with Crippen LogP contribution in [-0.2, 0) is 16.2 Å². The third-order valence-corrected chi connectivity index (χ3v) is 4.96. The summed E-state index contributed by atoms with van der Waals surface area (Å²) >= 11 is 12.2. The number of benzene rings is 3. The molecule has 0 bridgehead atoms. The molecule has 2 amide bonds. The molecule has 2 N–H and O–H groups in total. The first-order chi connectivity index (χ1) is 15.5. The van der Waals surface area contributed by atoms with Gasteiger partial charge in [0.2, 0.25) is 0 Å². The van der Waals surface area contributed by atoms with Gasteiger partial charge in [-0.15, -0.1) is 0 Å². The first-order valence-corrected chi connectivity index (χ1v) is 10.2. The van der Waals surface area contributed by atoms with Crippen molar-refractivity contribution in [2.75, 3.05) is 12.4 Å². The molecule has 0 radical (unpaired) electrons. The molecule has 0 unspecified atom stereocenters. The van der Waals surface area contributed by atoms with E-state index in [0.717, 1.165) is 5.56 Å². The van der Waals surface area contributed by atoms with Crippen molar-refractivity contribution < 1.29 is 19.1 Å². The Balaban J connectivity index is 1.68. The predicted octanol–water partition coefficient (Wildman–Crippen LogP) is 4.67. The molecule has 0 aliphatic heterocycles. The largest absolute Gasteiger partial charge is 0.493 e. The van der Waals surface area contributed by atoms with Crippen molar-refractivity contribution in [3.05, 3.63) is 87.9 Å². The van der Waals surface area contributed by atoms with Crippen molar-refractivity contribution in [3.8, 4) is 11.5 Å². The molecular formula is C23H19Cl2N3O4. The van der Waals surface area contributed by atoms with Crippen molar-refractivity contribution in [1.29, 1.82) is 0 Å². The van der Waals surface area contributed by atoms with Crippen molar-refractivity contribution in [2.24, 2.45) is 5.10 Å². The van der Waals surface area contributed by atoms with Gasteiger partial charge in [0, 0.05) is 16.1 Å². The minimum absolute atomic E-state index is 0.202. The van der Waals surface area contributed by atoms with Crippen LogP contribution < -0.4 is 20.2 Å². The van der Waals surface area contributed by atoms with Gasteiger partial charge in [-0.25, -0.2) is 5.43 Å². The van der Waals surface area contributed by atoms with Crippen LogP contribution in [-0.4, -0.2) is 25.1 Å². The minimum Gasteiger partial charge on any atom is -0.493 e. The Labute approximate surface area is 194 Å². The summed E-state index contributed by atoms with van der Waals surface area (Å²) < 4.78 is 11.3. The highest BCUT2D eigenvalue weighted by molar-refractivity contribution is 6.41. The smallest absolute Gasteiger partial charge is 0.329 e. The number of hydrogen-bond acceptors (Lipinski definition) is 5. The topological polar surface area (TPSA) is 89.0 Å². The quantitative estimate of drug-likeness (QED) is 0.297. The van der Waals surface area contributed by atoms with Crippen LogP contribution >= 0.6 is 23.2 Å². The van der Waals surface area contributed by atoms with E-state index in [1.807, 2.05) is 18.2 Å². The van der Waals surface area contributed by atoms with Crippen molar-refractivity contribution in [2.45, 2.75) is 6.61 Å². The van der Waals surface area contributed by atoms with Crippen LogP contribution in [0.4, 0.5) is 5.69 Å². The predicted molar refractivity (Wildman–Crippen MR) is 125 cm³/mol. The number of carbonyl (C=O) groups is 2. The van der Waals surface area contributed by atoms with Crippen LogP contribution in [0.25, 0.3) is 0 Å². The summed E-state index contributed by atoms with van der Waals surface area (Å²) in [7, 11) is 1.51. The van der Waals surface area contributed by atoms with Gasteiger partial charge in [-0.1, -0.05) is 59.6 Å². The van der Waals surface area contributed by atoms with Gasteiger partial charge in [0.1, 0.15) is 6.61 Å². The van der Waals surface area contributed by atoms with E-state index in [1.165, 1.54) is 13.3 Å². The van der Waals surface area contributed by atoms with Gasteiger partial charge < -0.3 is 14.8 Å². The molecule has 0 atom stereocenters. The molecule has 3 aromatic carbocycles. The van der Waals surface area contributed by atoms with E-state index in [2.05, 4.69) is 15.8 Å². The molecule has 0 saturated heterocycles. The minimum atomic E-state index is -0.956. The van der Waals surface area contributed by atoms with Gasteiger partial charge in [0.15, 0.2) is 11.5 Å². The lowest BCUT2D eigenvalue weighted by Gasteiger charge is -2.13. The van der Waals surface area contributed by atoms with Crippen LogP contribution in [0.2, 0.25) is 10.0 Å². The summed E-state index contributed by atoms with van der Waals surface area (Å²) in [6.07, 6.45) is 1.35. The zero-order valence-corrected chi connectivity index (χ0v) is 18.5. The van der Waals surface area contributed by atoms with Gasteiger partial charge in [-0.3, -0.25) is 9.59 Å². The Hall–Kier alpha value is -3.55. The maximum Gasteiger partial charge on any atom is 0.329 e. The Kier molecular flexibility index (Phi) is 8.08. The number of carbonyl (C=O) groups excluding carboxylic acids is 2. The van der Waals surface area contributed by atoms with Crippen LogP contribution in [0.15, 0.2) is 71.8 Å². The molecule has 0 saturated carbocycles. The first-order valence-electron chi connectivity index (χ1n) is 9.41. The number of hydrogen-bond donors (Lipinski definition) is 2. The number of amides is 2. The summed E-state index contributed by atoms with van der Waals surface area (Å²) in [5.41, 5.74) is 3.83. The molecule has 32 heavy (non-hydrogen) atoms. The lowest BCUT2D eigenvalue weighted by atomic mass is 10.2. The Bertz CT molecular complexity index is 1150. The fourth-order valence-corrected chi connectivity index (χ4v) is 3.04. The van der Waals surface area contributed by atoms with Crippen LogP contribution in [0.5, 0.6) is 11.5 Å². The molecule has 164 valence electrons. The molecule has 0 aliphatic rings. The number of rotatable bonds is 7. The van der Waals surface area contributed by atoms with Crippen LogP contribution in [0, 0.1) is 0 Å². The summed E-state index contributed by atoms with van der Waals surface area (Å²) in [5, 5.41) is 7.17. The molecule has 0 heterocycles. The maximum absolute atomic E-state index is 12.1. The number of nitrogens with zero attached hydrogens (tertiary/aromatic N) is 1. The molecule has 0 spiro atoms. The SMILES string of the molecule is COc1cccc(/C=N\NC(=O)C(=O)Nc2ccccc2Cl)c1OCc1ccccc1Cl. The normalized spacial score (nSPS) is 10.6. The third-order valence-electron chi connectivity index (χ3n) is 4.26. The number of para-hydroxylation sites is 2. The van der Waals surface area contributed by atoms with E-state index in [4.69, 9.17) is 32.7 Å². The van der Waals surface area contributed by atoms with Gasteiger partial charge >= 0.3 is 11.8 Å². The van der Waals surface area contributed by atoms with Gasteiger partial charge in [-0.2, -0.15) is 5.10 Å². The van der Waals surface area contributed by atoms with Crippen molar-refractivity contribution in [1.82, 2.24) is 5.43 Å². The highest BCUT2D eigenvalue weighted by atomic mass is 35.5. The third kappa shape index (κ3) is 6.00. The fourth-order valence-electron chi connectivity index (χ4n) is 2.67. The highest BCUT2D eigenvalue weighted by Crippen LogP contribution is 2.31. The van der Waals surface area contributed by atoms with Crippen molar-refractivity contribution in [3.63, 3.8) is 0 Å². The number of anilines is 1. The van der Waals surface area contributed by atoms with Crippen LogP contribution in [0.1, 0.15) is 11.1 Å². The Morgan fingerprint density at radius 2 is 1.66 bits per heavy atom. The lowest BCUT2D eigenvalue weighted by molar-refractivity contribution is -0.136. The summed E-state index contributed by atoms with van der Waals surface area (Å²) in [4.78, 5) is 24.1. The molecule has 0 fully saturated rings. The van der Waals surface area contributed by atoms with E-state index >= 15 is 0 Å². The standard InChI is InChI=1S/C23H19Cl2N3O4/c1-31-20-12-6-8-15(21(20)32-14-16-7-2-3-9-17(16)24)13-26-28-23(30)22(29)27-19-11-5-4-10-18(19)25/h2-13H,14H2,1H3,(H,27,29)(H,28,30)/b26-13-. The Morgan fingerprint density at radius 1 is 0.938 bits per heavy atom. The van der Waals surface area contributed by atoms with E-state index in [1.54, 1.807) is 48.5 Å². The zero-order valence-electron chi connectivity index (χ0n) is 17.0. The lowest BCUT2D eigenvalue weighted by Crippen LogP contribution is -2.32. The molecule has 7 nitrogen and oxygen atoms in total. The second kappa shape index (κ2) is 11.2. The zero-order chi connectivity index (χ0) is 22.9. The maximum atomic E-state index is 12.1. The van der Waals surface area contributed by atoms with E-state index in [0.29, 0.717) is 32.8 Å². The fraction of sp³-hybridized carbons (Fsp3) is 0.0870. The highest BCUT2D eigenvalue weighted by Gasteiger charge is 2.15. The van der Waals surface area contributed by atoms with E-state index < -0.39 is 11.8 Å². The van der Waals surface area contributed by atoms with E-state index in [9.17, 15) is 9.59 Å². The van der Waals surface area contributed by atoms with Crippen molar-refractivity contribution >= 4 is 46.9 Å². The van der Waals surface area contributed by atoms with Gasteiger partial charge in [0.25, 0.3) is 0 Å². The van der Waals surface area contributed by atoms with Gasteiger partial charge in [0.05, 0.1) is 24.0 Å². The average Bonchev–Trinajstić information content (AvgIpc) is 2.80. The number of nitrogens with one attached hydrogen (secondary N) is 2. The number of methoxy groups -OCH3 is 1. The molecule has 3 rings (SSSR count). The summed E-state index contributed by atoms with van der Waals surface area (Å²) in [6.45, 7) is 0.202. The van der Waals surface area contributed by atoms with Gasteiger partial charge in [-0.05, 0) is 30.3 Å². The molecule has 0 aromatic heterocycles. The Morgan fingerprint density at radius 3 is 2.38 bits per heavy atom. The summed E-state index contributed by atoms with van der Waals surface area (Å²) in [6, 6.07) is 19.1. The second-order valence-electron chi connectivity index (χ2n) is 6.39. The number of halogens is 2. The number of hydrazone groups is 1. The van der Waals surface area contributed by atoms with E-state index in [-0.39, 0.29) is 6.61 Å². The summed E-state index contributed by atoms with van der Waals surface area (Å²) in [5.74, 6) is -0.976. The average molecular weight is 472 g/mol. The monoisotopic (exact) mass is 471 g/mol. The second-order valence-corrected chi connectivity index (χ2v) is 7.21. The number of ether oxygens (including phenoxy) is 2. The molecule has 9 heteroatoms. The molecular weight excluding hydrogens is 453 g/mol. The van der Waals surface area contributed by atoms with Crippen LogP contribution in [0.3, 0.4) is 0 Å².